The molecule has 0 saturated carbocycles. The van der Waals surface area contributed by atoms with Crippen molar-refractivity contribution in [3.8, 4) is 0 Å². The first kappa shape index (κ1) is 18.1. The van der Waals surface area contributed by atoms with Crippen LogP contribution >= 0.6 is 0 Å². The van der Waals surface area contributed by atoms with Crippen LogP contribution in [0.15, 0.2) is 24.3 Å². The predicted octanol–water partition coefficient (Wildman–Crippen LogP) is 4.61. The summed E-state index contributed by atoms with van der Waals surface area (Å²) >= 11 is 0. The highest BCUT2D eigenvalue weighted by Gasteiger charge is 2.06. The maximum absolute atomic E-state index is 3.36. The molecule has 0 fully saturated rings. The smallest absolute Gasteiger partial charge is 0.0436 e. The van der Waals surface area contributed by atoms with Gasteiger partial charge in [0.2, 0.25) is 0 Å². The van der Waals surface area contributed by atoms with Gasteiger partial charge in [0.05, 0.1) is 0 Å². The molecule has 0 saturated heterocycles. The van der Waals surface area contributed by atoms with Crippen molar-refractivity contribution in [1.29, 1.82) is 0 Å². The zero-order valence-corrected chi connectivity index (χ0v) is 13.6. The number of hydrogen-bond acceptors (Lipinski definition) is 2. The number of aryl methyl sites for hydroxylation is 1. The van der Waals surface area contributed by atoms with E-state index in [9.17, 15) is 0 Å². The number of hydrogen-bond donors (Lipinski definition) is 2. The van der Waals surface area contributed by atoms with Gasteiger partial charge in [-0.3, -0.25) is 10.9 Å². The van der Waals surface area contributed by atoms with Gasteiger partial charge in [-0.15, -0.1) is 0 Å². The Kier molecular flexibility index (Phi) is 10.5. The molecule has 0 radical (unpaired) electrons. The van der Waals surface area contributed by atoms with Gasteiger partial charge in [0.25, 0.3) is 0 Å². The predicted molar refractivity (Wildman–Crippen MR) is 86.2 cm³/mol. The van der Waals surface area contributed by atoms with Crippen LogP contribution in [0.1, 0.15) is 64.6 Å². The van der Waals surface area contributed by atoms with Crippen molar-refractivity contribution in [3.05, 3.63) is 35.4 Å². The summed E-state index contributed by atoms with van der Waals surface area (Å²) in [4.78, 5) is 0. The number of hydrazine groups is 1. The van der Waals surface area contributed by atoms with Crippen LogP contribution < -0.4 is 10.9 Å². The standard InChI is InChI=1S/C15H26N2.C2H6/c1-12(2)8-7-11-16-17-14(4)15-10-6-5-9-13(15)3;1-2/h5-6,9-10,12,14,16-17H,7-8,11H2,1-4H3;1-2H3. The van der Waals surface area contributed by atoms with Gasteiger partial charge in [0, 0.05) is 12.6 Å². The molecule has 0 aliphatic heterocycles. The van der Waals surface area contributed by atoms with Crippen LogP contribution in [0.25, 0.3) is 0 Å². The first-order valence-electron chi connectivity index (χ1n) is 7.65. The van der Waals surface area contributed by atoms with Gasteiger partial charge in [-0.25, -0.2) is 0 Å². The Labute approximate surface area is 120 Å². The lowest BCUT2D eigenvalue weighted by Crippen LogP contribution is -2.35. The van der Waals surface area contributed by atoms with Crippen molar-refractivity contribution in [2.45, 2.75) is 60.4 Å². The summed E-state index contributed by atoms with van der Waals surface area (Å²) in [6.45, 7) is 13.9. The monoisotopic (exact) mass is 264 g/mol. The van der Waals surface area contributed by atoms with E-state index in [1.54, 1.807) is 0 Å². The van der Waals surface area contributed by atoms with Gasteiger partial charge in [0.1, 0.15) is 0 Å². The highest BCUT2D eigenvalue weighted by Crippen LogP contribution is 2.15. The molecule has 0 aliphatic carbocycles. The Hall–Kier alpha value is -0.860. The maximum Gasteiger partial charge on any atom is 0.0436 e. The number of rotatable bonds is 7. The summed E-state index contributed by atoms with van der Waals surface area (Å²) in [6.07, 6.45) is 2.51. The molecule has 0 aromatic heterocycles. The Morgan fingerprint density at radius 2 is 1.68 bits per heavy atom. The first-order valence-corrected chi connectivity index (χ1v) is 7.65. The van der Waals surface area contributed by atoms with Crippen LogP contribution in [-0.4, -0.2) is 6.54 Å². The molecule has 1 aromatic rings. The third-order valence-electron chi connectivity index (χ3n) is 3.06. The molecular formula is C17H32N2. The van der Waals surface area contributed by atoms with E-state index in [4.69, 9.17) is 0 Å². The van der Waals surface area contributed by atoms with Gasteiger partial charge in [-0.05, 0) is 43.7 Å². The van der Waals surface area contributed by atoms with E-state index in [0.29, 0.717) is 6.04 Å². The number of nitrogens with one attached hydrogen (secondary N) is 2. The molecular weight excluding hydrogens is 232 g/mol. The zero-order chi connectivity index (χ0) is 14.7. The second kappa shape index (κ2) is 11.0. The Morgan fingerprint density at radius 1 is 1.05 bits per heavy atom. The largest absolute Gasteiger partial charge is 0.257 e. The lowest BCUT2D eigenvalue weighted by molar-refractivity contribution is 0.435. The molecule has 2 heteroatoms. The second-order valence-electron chi connectivity index (χ2n) is 5.19. The van der Waals surface area contributed by atoms with E-state index >= 15 is 0 Å². The molecule has 0 amide bonds. The summed E-state index contributed by atoms with van der Waals surface area (Å²) in [5.74, 6) is 0.797. The summed E-state index contributed by atoms with van der Waals surface area (Å²) < 4.78 is 0. The Bertz CT molecular complexity index is 321. The van der Waals surface area contributed by atoms with Crippen molar-refractivity contribution in [2.75, 3.05) is 6.54 Å². The van der Waals surface area contributed by atoms with E-state index < -0.39 is 0 Å². The van der Waals surface area contributed by atoms with E-state index in [1.807, 2.05) is 13.8 Å². The van der Waals surface area contributed by atoms with E-state index in [0.717, 1.165) is 12.5 Å². The SMILES string of the molecule is CC.Cc1ccccc1C(C)NNCCCC(C)C. The summed E-state index contributed by atoms with van der Waals surface area (Å²) in [6, 6.07) is 8.88. The average molecular weight is 264 g/mol. The molecule has 1 atom stereocenters. The van der Waals surface area contributed by atoms with Crippen LogP contribution in [0.4, 0.5) is 0 Å². The lowest BCUT2D eigenvalue weighted by Gasteiger charge is -2.17. The Balaban J connectivity index is 0.00000154. The molecule has 110 valence electrons. The van der Waals surface area contributed by atoms with Gasteiger partial charge in [-0.1, -0.05) is 52.0 Å². The highest BCUT2D eigenvalue weighted by atomic mass is 15.4. The van der Waals surface area contributed by atoms with E-state index in [1.165, 1.54) is 24.0 Å². The fraction of sp³-hybridized carbons (Fsp3) is 0.647. The molecule has 0 heterocycles. The van der Waals surface area contributed by atoms with Crippen LogP contribution in [0.2, 0.25) is 0 Å². The third kappa shape index (κ3) is 8.02. The molecule has 0 spiro atoms. The van der Waals surface area contributed by atoms with Crippen LogP contribution in [0.3, 0.4) is 0 Å². The van der Waals surface area contributed by atoms with Crippen molar-refractivity contribution in [1.82, 2.24) is 10.9 Å². The molecule has 19 heavy (non-hydrogen) atoms. The molecule has 1 unspecified atom stereocenters. The van der Waals surface area contributed by atoms with E-state index in [2.05, 4.69) is 62.8 Å². The van der Waals surface area contributed by atoms with Gasteiger partial charge in [0.15, 0.2) is 0 Å². The fourth-order valence-corrected chi connectivity index (χ4v) is 1.97. The average Bonchev–Trinajstić information content (AvgIpc) is 2.40. The normalized spacial score (nSPS) is 11.9. The highest BCUT2D eigenvalue weighted by molar-refractivity contribution is 5.27. The fourth-order valence-electron chi connectivity index (χ4n) is 1.97. The van der Waals surface area contributed by atoms with E-state index in [-0.39, 0.29) is 0 Å². The van der Waals surface area contributed by atoms with Crippen LogP contribution in [-0.2, 0) is 0 Å². The summed E-state index contributed by atoms with van der Waals surface area (Å²) in [7, 11) is 0. The van der Waals surface area contributed by atoms with Crippen molar-refractivity contribution < 1.29 is 0 Å². The molecule has 0 bridgehead atoms. The quantitative estimate of drug-likeness (QED) is 0.555. The topological polar surface area (TPSA) is 24.1 Å². The van der Waals surface area contributed by atoms with Gasteiger partial charge in [-0.2, -0.15) is 0 Å². The van der Waals surface area contributed by atoms with Crippen molar-refractivity contribution in [2.24, 2.45) is 5.92 Å². The summed E-state index contributed by atoms with van der Waals surface area (Å²) in [5.41, 5.74) is 9.39. The molecule has 1 aromatic carbocycles. The molecule has 1 rings (SSSR count). The molecule has 2 nitrogen and oxygen atoms in total. The second-order valence-corrected chi connectivity index (χ2v) is 5.19. The molecule has 0 aliphatic rings. The minimum Gasteiger partial charge on any atom is -0.257 e. The minimum absolute atomic E-state index is 0.357. The molecule has 2 N–H and O–H groups in total. The maximum atomic E-state index is 3.36. The minimum atomic E-state index is 0.357. The first-order chi connectivity index (χ1) is 9.11. The lowest BCUT2D eigenvalue weighted by atomic mass is 10.0. The summed E-state index contributed by atoms with van der Waals surface area (Å²) in [5, 5.41) is 0. The van der Waals surface area contributed by atoms with Crippen LogP contribution in [0.5, 0.6) is 0 Å². The van der Waals surface area contributed by atoms with Crippen molar-refractivity contribution >= 4 is 0 Å². The van der Waals surface area contributed by atoms with Gasteiger partial charge < -0.3 is 0 Å². The van der Waals surface area contributed by atoms with Gasteiger partial charge >= 0.3 is 0 Å². The van der Waals surface area contributed by atoms with Crippen molar-refractivity contribution in [3.63, 3.8) is 0 Å². The number of benzene rings is 1. The zero-order valence-electron chi connectivity index (χ0n) is 13.6. The van der Waals surface area contributed by atoms with Crippen LogP contribution in [0, 0.1) is 12.8 Å². The Morgan fingerprint density at radius 3 is 2.26 bits per heavy atom. The third-order valence-corrected chi connectivity index (χ3v) is 3.06.